The van der Waals surface area contributed by atoms with Gasteiger partial charge in [-0.3, -0.25) is 4.99 Å². The molecular formula is C17H28FIN4O2S2. The molecule has 154 valence electrons. The summed E-state index contributed by atoms with van der Waals surface area (Å²) >= 11 is 1.78. The molecule has 0 saturated carbocycles. The lowest BCUT2D eigenvalue weighted by molar-refractivity contribution is 0.443. The van der Waals surface area contributed by atoms with Gasteiger partial charge in [-0.05, 0) is 24.6 Å². The minimum absolute atomic E-state index is 0. The molecule has 0 spiro atoms. The molecule has 1 saturated heterocycles. The lowest BCUT2D eigenvalue weighted by Crippen LogP contribution is -2.41. The van der Waals surface area contributed by atoms with Gasteiger partial charge in [-0.1, -0.05) is 12.1 Å². The molecule has 1 aromatic carbocycles. The van der Waals surface area contributed by atoms with Crippen molar-refractivity contribution >= 4 is 51.7 Å². The van der Waals surface area contributed by atoms with Crippen molar-refractivity contribution in [3.8, 4) is 0 Å². The summed E-state index contributed by atoms with van der Waals surface area (Å²) in [6.07, 6.45) is 0. The van der Waals surface area contributed by atoms with E-state index < -0.39 is 10.0 Å². The first-order valence-electron chi connectivity index (χ1n) is 8.72. The van der Waals surface area contributed by atoms with Gasteiger partial charge >= 0.3 is 0 Å². The van der Waals surface area contributed by atoms with Crippen molar-refractivity contribution in [2.24, 2.45) is 4.99 Å². The maximum Gasteiger partial charge on any atom is 0.215 e. The highest BCUT2D eigenvalue weighted by molar-refractivity contribution is 14.0. The van der Waals surface area contributed by atoms with Crippen LogP contribution in [-0.4, -0.2) is 74.1 Å². The molecule has 0 unspecified atom stereocenters. The Bertz CT molecular complexity index is 695. The summed E-state index contributed by atoms with van der Waals surface area (Å²) in [7, 11) is -1.38. The molecule has 1 aromatic rings. The Labute approximate surface area is 183 Å². The van der Waals surface area contributed by atoms with Crippen molar-refractivity contribution in [2.75, 3.05) is 50.5 Å². The van der Waals surface area contributed by atoms with Gasteiger partial charge in [-0.2, -0.15) is 11.8 Å². The van der Waals surface area contributed by atoms with Crippen LogP contribution in [0, 0.1) is 5.82 Å². The van der Waals surface area contributed by atoms with E-state index in [2.05, 4.69) is 10.3 Å². The second kappa shape index (κ2) is 12.1. The van der Waals surface area contributed by atoms with Crippen LogP contribution < -0.4 is 5.32 Å². The van der Waals surface area contributed by atoms with Gasteiger partial charge < -0.3 is 10.2 Å². The van der Waals surface area contributed by atoms with E-state index in [4.69, 9.17) is 0 Å². The van der Waals surface area contributed by atoms with E-state index in [-0.39, 0.29) is 42.1 Å². The van der Waals surface area contributed by atoms with E-state index in [0.29, 0.717) is 32.1 Å². The number of benzene rings is 1. The zero-order valence-electron chi connectivity index (χ0n) is 15.7. The third kappa shape index (κ3) is 8.12. The normalized spacial score (nSPS) is 15.9. The molecule has 0 atom stereocenters. The van der Waals surface area contributed by atoms with Crippen LogP contribution in [0.1, 0.15) is 12.5 Å². The Morgan fingerprint density at radius 3 is 2.52 bits per heavy atom. The van der Waals surface area contributed by atoms with Crippen LogP contribution >= 0.6 is 35.7 Å². The highest BCUT2D eigenvalue weighted by Gasteiger charge is 2.23. The largest absolute Gasteiger partial charge is 0.357 e. The summed E-state index contributed by atoms with van der Waals surface area (Å²) in [5, 5.41) is 3.17. The molecule has 1 fully saturated rings. The minimum Gasteiger partial charge on any atom is -0.357 e. The van der Waals surface area contributed by atoms with Crippen molar-refractivity contribution in [3.05, 3.63) is 35.6 Å². The Morgan fingerprint density at radius 1 is 1.30 bits per heavy atom. The van der Waals surface area contributed by atoms with Crippen LogP contribution in [0.15, 0.2) is 29.3 Å². The van der Waals surface area contributed by atoms with Gasteiger partial charge in [0.15, 0.2) is 5.96 Å². The number of thioether (sulfide) groups is 1. The maximum absolute atomic E-state index is 13.0. The van der Waals surface area contributed by atoms with Gasteiger partial charge in [0.1, 0.15) is 5.82 Å². The zero-order chi connectivity index (χ0) is 19.0. The first kappa shape index (κ1) is 24.4. The van der Waals surface area contributed by atoms with E-state index >= 15 is 0 Å². The summed E-state index contributed by atoms with van der Waals surface area (Å²) in [5.41, 5.74) is 0.956. The van der Waals surface area contributed by atoms with Crippen LogP contribution in [-0.2, 0) is 16.6 Å². The number of nitrogens with zero attached hydrogens (tertiary/aromatic N) is 3. The molecule has 0 radical (unpaired) electrons. The van der Waals surface area contributed by atoms with E-state index in [1.165, 1.54) is 12.1 Å². The summed E-state index contributed by atoms with van der Waals surface area (Å²) in [6, 6.07) is 6.32. The Morgan fingerprint density at radius 2 is 1.93 bits per heavy atom. The molecule has 0 aliphatic carbocycles. The first-order chi connectivity index (χ1) is 12.4. The fourth-order valence-corrected chi connectivity index (χ4v) is 5.08. The van der Waals surface area contributed by atoms with Crippen molar-refractivity contribution in [3.63, 3.8) is 0 Å². The van der Waals surface area contributed by atoms with Crippen LogP contribution in [0.4, 0.5) is 4.39 Å². The van der Waals surface area contributed by atoms with Crippen LogP contribution in [0.5, 0.6) is 0 Å². The van der Waals surface area contributed by atoms with Crippen LogP contribution in [0.25, 0.3) is 0 Å². The number of sulfonamides is 1. The predicted molar refractivity (Wildman–Crippen MR) is 122 cm³/mol. The fraction of sp³-hybridized carbons (Fsp3) is 0.588. The molecule has 1 aliphatic rings. The standard InChI is InChI=1S/C17H27FN4O2S2.HI/c1-3-19-17(21(2)14-15-4-6-16(18)7-5-15)20-8-13-26(23,24)22-9-11-25-12-10-22;/h4-7H,3,8-14H2,1-2H3,(H,19,20);1H. The average Bonchev–Trinajstić information content (AvgIpc) is 2.63. The molecule has 10 heteroatoms. The van der Waals surface area contributed by atoms with E-state index in [1.54, 1.807) is 28.2 Å². The first-order valence-corrected chi connectivity index (χ1v) is 11.5. The molecule has 0 amide bonds. The van der Waals surface area contributed by atoms with Crippen molar-refractivity contribution in [1.29, 1.82) is 0 Å². The lowest BCUT2D eigenvalue weighted by atomic mass is 10.2. The Balaban J connectivity index is 0.00000364. The van der Waals surface area contributed by atoms with Gasteiger partial charge in [0.25, 0.3) is 0 Å². The van der Waals surface area contributed by atoms with E-state index in [1.807, 2.05) is 18.9 Å². The Hall–Kier alpha value is -0.590. The number of rotatable bonds is 7. The quantitative estimate of drug-likeness (QED) is 0.333. The monoisotopic (exact) mass is 530 g/mol. The molecule has 1 heterocycles. The number of nitrogens with one attached hydrogen (secondary N) is 1. The molecule has 1 N–H and O–H groups in total. The topological polar surface area (TPSA) is 65.0 Å². The third-order valence-corrected chi connectivity index (χ3v) is 6.80. The van der Waals surface area contributed by atoms with Gasteiger partial charge in [0.2, 0.25) is 10.0 Å². The van der Waals surface area contributed by atoms with Crippen molar-refractivity contribution in [2.45, 2.75) is 13.5 Å². The van der Waals surface area contributed by atoms with E-state index in [0.717, 1.165) is 17.1 Å². The predicted octanol–water partition coefficient (Wildman–Crippen LogP) is 2.22. The molecule has 0 bridgehead atoms. The fourth-order valence-electron chi connectivity index (χ4n) is 2.63. The summed E-state index contributed by atoms with van der Waals surface area (Å²) in [6.45, 7) is 4.58. The van der Waals surface area contributed by atoms with Gasteiger partial charge in [0, 0.05) is 44.7 Å². The Kier molecular flexibility index (Phi) is 10.9. The van der Waals surface area contributed by atoms with Gasteiger partial charge in [0.05, 0.1) is 12.3 Å². The number of aliphatic imine (C=N–C) groups is 1. The van der Waals surface area contributed by atoms with Gasteiger partial charge in [-0.25, -0.2) is 17.1 Å². The molecule has 0 aromatic heterocycles. The minimum atomic E-state index is -3.26. The summed E-state index contributed by atoms with van der Waals surface area (Å²) < 4.78 is 39.4. The molecule has 6 nitrogen and oxygen atoms in total. The maximum atomic E-state index is 13.0. The van der Waals surface area contributed by atoms with E-state index in [9.17, 15) is 12.8 Å². The smallest absolute Gasteiger partial charge is 0.215 e. The number of guanidine groups is 1. The third-order valence-electron chi connectivity index (χ3n) is 4.00. The zero-order valence-corrected chi connectivity index (χ0v) is 19.7. The molecule has 27 heavy (non-hydrogen) atoms. The molecule has 2 rings (SSSR count). The van der Waals surface area contributed by atoms with Crippen LogP contribution in [0.2, 0.25) is 0 Å². The van der Waals surface area contributed by atoms with Gasteiger partial charge in [-0.15, -0.1) is 24.0 Å². The molecule has 1 aliphatic heterocycles. The molecular weight excluding hydrogens is 502 g/mol. The average molecular weight is 530 g/mol. The van der Waals surface area contributed by atoms with Crippen LogP contribution in [0.3, 0.4) is 0 Å². The second-order valence-electron chi connectivity index (χ2n) is 6.05. The number of hydrogen-bond donors (Lipinski definition) is 1. The lowest BCUT2D eigenvalue weighted by Gasteiger charge is -2.25. The number of hydrogen-bond acceptors (Lipinski definition) is 4. The summed E-state index contributed by atoms with van der Waals surface area (Å²) in [5.74, 6) is 2.09. The second-order valence-corrected chi connectivity index (χ2v) is 9.36. The highest BCUT2D eigenvalue weighted by atomic mass is 127. The SMILES string of the molecule is CCNC(=NCCS(=O)(=O)N1CCSCC1)N(C)Cc1ccc(F)cc1.I. The van der Waals surface area contributed by atoms with Crippen molar-refractivity contribution in [1.82, 2.24) is 14.5 Å². The summed E-state index contributed by atoms with van der Waals surface area (Å²) in [4.78, 5) is 6.36. The number of halogens is 2. The highest BCUT2D eigenvalue weighted by Crippen LogP contribution is 2.13. The van der Waals surface area contributed by atoms with Crippen molar-refractivity contribution < 1.29 is 12.8 Å².